The van der Waals surface area contributed by atoms with Crippen molar-refractivity contribution in [1.29, 1.82) is 0 Å². The van der Waals surface area contributed by atoms with Crippen molar-refractivity contribution in [3.05, 3.63) is 242 Å². The van der Waals surface area contributed by atoms with Crippen LogP contribution in [-0.2, 0) is 10.8 Å². The van der Waals surface area contributed by atoms with E-state index >= 15 is 9.59 Å². The summed E-state index contributed by atoms with van der Waals surface area (Å²) in [5, 5.41) is 7.66. The molecule has 15 rings (SSSR count). The Balaban J connectivity index is 0.824. The van der Waals surface area contributed by atoms with E-state index in [4.69, 9.17) is 14.7 Å². The first-order chi connectivity index (χ1) is 44.1. The van der Waals surface area contributed by atoms with Crippen molar-refractivity contribution < 1.29 is 19.1 Å². The van der Waals surface area contributed by atoms with Crippen molar-refractivity contribution in [2.45, 2.75) is 106 Å². The molecule has 9 aromatic carbocycles. The summed E-state index contributed by atoms with van der Waals surface area (Å²) in [6, 6.07) is 55.4. The van der Waals surface area contributed by atoms with E-state index in [0.717, 1.165) is 138 Å². The second-order valence-electron chi connectivity index (χ2n) is 27.4. The number of aromatic amines is 2. The second-order valence-corrected chi connectivity index (χ2v) is 27.4. The third kappa shape index (κ3) is 9.33. The first-order valence-corrected chi connectivity index (χ1v) is 31.8. The molecule has 9 nitrogen and oxygen atoms in total. The van der Waals surface area contributed by atoms with E-state index < -0.39 is 5.41 Å². The van der Waals surface area contributed by atoms with Crippen LogP contribution < -0.4 is 9.64 Å². The Kier molecular flexibility index (Phi) is 13.3. The van der Waals surface area contributed by atoms with Gasteiger partial charge in [0.15, 0.2) is 5.78 Å². The highest BCUT2D eigenvalue weighted by Gasteiger charge is 2.40. The van der Waals surface area contributed by atoms with Gasteiger partial charge in [-0.15, -0.1) is 0 Å². The fourth-order valence-electron chi connectivity index (χ4n) is 14.4. The Morgan fingerprint density at radius 1 is 0.533 bits per heavy atom. The molecule has 3 aliphatic heterocycles. The number of Topliss-reactive ketones (excluding diaryl/α,β-unsaturated/α-hetero) is 1. The van der Waals surface area contributed by atoms with Gasteiger partial charge in [-0.3, -0.25) is 14.4 Å². The van der Waals surface area contributed by atoms with Gasteiger partial charge in [-0.05, 0) is 227 Å². The molecule has 450 valence electrons. The third-order valence-corrected chi connectivity index (χ3v) is 19.0. The summed E-state index contributed by atoms with van der Waals surface area (Å²) >= 11 is 0. The molecule has 0 saturated carbocycles. The fraction of sp³-hybridized carbons (Fsp3) is 0.193. The zero-order valence-corrected chi connectivity index (χ0v) is 53.9. The van der Waals surface area contributed by atoms with E-state index in [0.29, 0.717) is 33.6 Å². The Bertz CT molecular complexity index is 5380. The van der Waals surface area contributed by atoms with E-state index in [1.807, 2.05) is 80.6 Å². The molecular formula is C83H69N5O4. The normalized spacial score (nSPS) is 13.8. The average Bonchev–Trinajstić information content (AvgIpc) is 1.21. The Morgan fingerprint density at radius 3 is 1.74 bits per heavy atom. The predicted molar refractivity (Wildman–Crippen MR) is 377 cm³/mol. The molecule has 0 saturated heterocycles. The van der Waals surface area contributed by atoms with Crippen LogP contribution in [0.15, 0.2) is 164 Å². The maximum atomic E-state index is 15.5. The fourth-order valence-corrected chi connectivity index (χ4v) is 14.4. The minimum atomic E-state index is -0.846. The lowest BCUT2D eigenvalue weighted by molar-refractivity contribution is 0.0889. The van der Waals surface area contributed by atoms with Gasteiger partial charge < -0.3 is 14.7 Å². The number of hydrogen-bond donors (Lipinski definition) is 2. The van der Waals surface area contributed by atoms with Crippen LogP contribution in [0.5, 0.6) is 11.5 Å². The number of anilines is 1. The molecule has 0 fully saturated rings. The molecule has 0 radical (unpaired) electrons. The monoisotopic (exact) mass is 1200 g/mol. The molecule has 3 aromatic heterocycles. The number of imide groups is 1. The highest BCUT2D eigenvalue weighted by molar-refractivity contribution is 6.42. The summed E-state index contributed by atoms with van der Waals surface area (Å²) in [5.74, 6) is 7.71. The highest BCUT2D eigenvalue weighted by atomic mass is 16.5. The number of carbonyl (C=O) groups excluding carboxylic acids is 3. The summed E-state index contributed by atoms with van der Waals surface area (Å²) < 4.78 is 6.62. The molecular weight excluding hydrogens is 1130 g/mol. The zero-order chi connectivity index (χ0) is 64.0. The molecule has 2 N–H and O–H groups in total. The lowest BCUT2D eigenvalue weighted by Crippen LogP contribution is -2.41. The Labute approximate surface area is 535 Å². The van der Waals surface area contributed by atoms with Crippen LogP contribution in [-0.4, -0.2) is 37.5 Å². The minimum absolute atomic E-state index is 0.0251. The van der Waals surface area contributed by atoms with Gasteiger partial charge in [0.25, 0.3) is 11.8 Å². The number of benzene rings is 9. The summed E-state index contributed by atoms with van der Waals surface area (Å²) in [5.41, 5.74) is 18.6. The lowest BCUT2D eigenvalue weighted by Gasteiger charge is -2.33. The summed E-state index contributed by atoms with van der Waals surface area (Å²) in [6.45, 7) is 25.3. The topological polar surface area (TPSA) is 121 Å². The maximum Gasteiger partial charge on any atom is 0.266 e. The van der Waals surface area contributed by atoms with Crippen LogP contribution in [0.4, 0.5) is 5.69 Å². The molecule has 12 aromatic rings. The number of hydrogen-bond acceptors (Lipinski definition) is 6. The van der Waals surface area contributed by atoms with E-state index in [2.05, 4.69) is 200 Å². The van der Waals surface area contributed by atoms with Crippen molar-refractivity contribution >= 4 is 101 Å². The molecule has 3 aliphatic rings. The number of amides is 2. The van der Waals surface area contributed by atoms with Crippen LogP contribution in [0.2, 0.25) is 0 Å². The van der Waals surface area contributed by atoms with Crippen molar-refractivity contribution in [2.75, 3.05) is 4.90 Å². The molecule has 8 bridgehead atoms. The maximum absolute atomic E-state index is 15.5. The molecule has 2 amide bonds. The van der Waals surface area contributed by atoms with Gasteiger partial charge in [0.2, 0.25) is 0 Å². The Morgan fingerprint density at radius 2 is 1.10 bits per heavy atom. The number of carbonyl (C=O) groups is 3. The molecule has 0 unspecified atom stereocenters. The minimum Gasteiger partial charge on any atom is -0.457 e. The van der Waals surface area contributed by atoms with Gasteiger partial charge >= 0.3 is 0 Å². The number of fused-ring (bicyclic) bond motifs is 10. The van der Waals surface area contributed by atoms with E-state index in [1.165, 1.54) is 16.0 Å². The van der Waals surface area contributed by atoms with Gasteiger partial charge in [-0.1, -0.05) is 133 Å². The Hall–Kier alpha value is -10.7. The van der Waals surface area contributed by atoms with Crippen LogP contribution in [0.25, 0.3) is 99.6 Å². The van der Waals surface area contributed by atoms with Gasteiger partial charge in [-0.2, -0.15) is 0 Å². The van der Waals surface area contributed by atoms with E-state index in [-0.39, 0.29) is 34.8 Å². The number of ketones is 1. The number of aromatic nitrogens is 4. The molecule has 0 atom stereocenters. The number of nitrogens with zero attached hydrogens (tertiary/aromatic N) is 3. The SMILES string of the molecule is Cc1cc(C)c(-c2c3nc(c(-c4cccc(C#Cc5cc(C(C)C)c(N6C(=O)c7ccc8c9cccc%10c(Oc%11ccc(C(C)(C)C)cc%11)ccc(c%11ccc(c7c8%11)C6=O)c%109)c(C(C)C)c5)c4)c4ccc(cc5nc(cc6ccc2[nH]6)C(=O)C5(C)C)[nH]4)C=C3)c(C)c1. The van der Waals surface area contributed by atoms with Crippen LogP contribution >= 0.6 is 0 Å². The van der Waals surface area contributed by atoms with Gasteiger partial charge in [-0.25, -0.2) is 14.9 Å². The largest absolute Gasteiger partial charge is 0.457 e. The van der Waals surface area contributed by atoms with Gasteiger partial charge in [0, 0.05) is 71.6 Å². The number of H-pyrrole nitrogens is 2. The van der Waals surface area contributed by atoms with E-state index in [1.54, 1.807) is 0 Å². The van der Waals surface area contributed by atoms with Crippen molar-refractivity contribution in [3.63, 3.8) is 0 Å². The molecule has 6 heterocycles. The first kappa shape index (κ1) is 57.7. The predicted octanol–water partition coefficient (Wildman–Crippen LogP) is 20.5. The highest BCUT2D eigenvalue weighted by Crippen LogP contribution is 2.49. The summed E-state index contributed by atoms with van der Waals surface area (Å²) in [4.78, 5) is 64.2. The lowest BCUT2D eigenvalue weighted by atomic mass is 9.83. The van der Waals surface area contributed by atoms with Gasteiger partial charge in [0.1, 0.15) is 17.2 Å². The molecule has 92 heavy (non-hydrogen) atoms. The summed E-state index contributed by atoms with van der Waals surface area (Å²) in [7, 11) is 0. The summed E-state index contributed by atoms with van der Waals surface area (Å²) in [6.07, 6.45) is 4.19. The zero-order valence-electron chi connectivity index (χ0n) is 53.9. The quantitative estimate of drug-likeness (QED) is 0.0710. The average molecular weight is 1200 g/mol. The van der Waals surface area contributed by atoms with Crippen LogP contribution in [0.3, 0.4) is 0 Å². The van der Waals surface area contributed by atoms with Crippen LogP contribution in [0, 0.1) is 32.6 Å². The van der Waals surface area contributed by atoms with Gasteiger partial charge in [0.05, 0.1) is 28.2 Å². The van der Waals surface area contributed by atoms with Crippen molar-refractivity contribution in [3.8, 4) is 45.6 Å². The van der Waals surface area contributed by atoms with Crippen LogP contribution in [0.1, 0.15) is 167 Å². The smallest absolute Gasteiger partial charge is 0.266 e. The number of ether oxygens (including phenoxy) is 1. The molecule has 9 heteroatoms. The standard InChI is InChI=1S/C83H69N5O4/c1-44(2)63-40-50(41-64(45(3)4)78(63)88-80(90)61-29-27-58-56-17-14-18-60-70(92-55-25-21-52(22-26-55)82(8,9)10)36-31-57(74(56)60)59-28-30-62(81(88)91)76(61)75(58)59)20-19-49-15-13-16-51(39-49)73-65-32-24-54(85-65)43-71-83(11,12)79(89)69(87-71)42-53-23-33-67(84-53)77(68-35-34-66(73)86-68)72-47(6)37-46(5)38-48(72)7/h13-18,21-45,84-85H,1-12H3. The van der Waals surface area contributed by atoms with Crippen molar-refractivity contribution in [1.82, 2.24) is 19.9 Å². The number of nitrogens with one attached hydrogen (secondary N) is 2. The molecule has 0 aliphatic carbocycles. The van der Waals surface area contributed by atoms with E-state index in [9.17, 15) is 4.79 Å². The molecule has 0 spiro atoms. The number of rotatable bonds is 7. The number of aryl methyl sites for hydroxylation is 3. The second kappa shape index (κ2) is 21.2. The first-order valence-electron chi connectivity index (χ1n) is 31.8. The third-order valence-electron chi connectivity index (χ3n) is 19.0. The van der Waals surface area contributed by atoms with Crippen molar-refractivity contribution in [2.24, 2.45) is 0 Å².